The first-order chi connectivity index (χ1) is 12.2. The Hall–Kier alpha value is -1.57. The van der Waals surface area contributed by atoms with Crippen molar-refractivity contribution < 1.29 is 17.9 Å². The molecular formula is C19H24BrNO4S. The molecule has 26 heavy (non-hydrogen) atoms. The van der Waals surface area contributed by atoms with Gasteiger partial charge in [0.05, 0.1) is 14.2 Å². The zero-order valence-corrected chi connectivity index (χ0v) is 17.8. The van der Waals surface area contributed by atoms with Gasteiger partial charge >= 0.3 is 0 Å². The smallest absolute Gasteiger partial charge is 0.244 e. The SMILES string of the molecule is COc1ccc(OC)c(S(=O)(=O)NCC(C)(C)Cc2ccc(Br)cc2)c1. The van der Waals surface area contributed by atoms with Crippen molar-refractivity contribution in [2.75, 3.05) is 20.8 Å². The molecule has 0 bridgehead atoms. The minimum atomic E-state index is -3.73. The Labute approximate surface area is 163 Å². The third kappa shape index (κ3) is 5.46. The van der Waals surface area contributed by atoms with E-state index in [0.29, 0.717) is 12.3 Å². The molecular weight excluding hydrogens is 418 g/mol. The molecule has 0 aliphatic heterocycles. The monoisotopic (exact) mass is 441 g/mol. The van der Waals surface area contributed by atoms with Crippen molar-refractivity contribution in [3.63, 3.8) is 0 Å². The number of methoxy groups -OCH3 is 2. The van der Waals surface area contributed by atoms with Gasteiger partial charge in [-0.05, 0) is 41.7 Å². The molecule has 0 radical (unpaired) electrons. The second kappa shape index (κ2) is 8.41. The lowest BCUT2D eigenvalue weighted by molar-refractivity contribution is 0.359. The van der Waals surface area contributed by atoms with Gasteiger partial charge in [-0.2, -0.15) is 0 Å². The van der Waals surface area contributed by atoms with Crippen LogP contribution >= 0.6 is 15.9 Å². The number of hydrogen-bond donors (Lipinski definition) is 1. The number of nitrogens with one attached hydrogen (secondary N) is 1. The fourth-order valence-corrected chi connectivity index (χ4v) is 4.27. The quantitative estimate of drug-likeness (QED) is 0.671. The van der Waals surface area contributed by atoms with E-state index in [1.165, 1.54) is 20.3 Å². The van der Waals surface area contributed by atoms with Crippen LogP contribution in [-0.4, -0.2) is 29.2 Å². The van der Waals surface area contributed by atoms with Crippen molar-refractivity contribution in [2.24, 2.45) is 5.41 Å². The van der Waals surface area contributed by atoms with Gasteiger partial charge in [0.15, 0.2) is 0 Å². The molecule has 0 atom stereocenters. The normalized spacial score (nSPS) is 12.0. The van der Waals surface area contributed by atoms with E-state index in [0.717, 1.165) is 16.5 Å². The van der Waals surface area contributed by atoms with Gasteiger partial charge in [-0.1, -0.05) is 41.9 Å². The van der Waals surface area contributed by atoms with Crippen molar-refractivity contribution in [1.82, 2.24) is 4.72 Å². The molecule has 0 aliphatic rings. The number of rotatable bonds is 8. The van der Waals surface area contributed by atoms with Gasteiger partial charge in [0.25, 0.3) is 0 Å². The van der Waals surface area contributed by atoms with Crippen LogP contribution in [0.1, 0.15) is 19.4 Å². The summed E-state index contributed by atoms with van der Waals surface area (Å²) in [6.45, 7) is 4.35. The first-order valence-corrected chi connectivity index (χ1v) is 10.4. The third-order valence-electron chi connectivity index (χ3n) is 4.00. The molecule has 0 aliphatic carbocycles. The second-order valence-electron chi connectivity index (χ2n) is 6.81. The molecule has 0 aromatic heterocycles. The Morgan fingerprint density at radius 3 is 2.27 bits per heavy atom. The zero-order chi connectivity index (χ0) is 19.4. The van der Waals surface area contributed by atoms with Gasteiger partial charge in [-0.3, -0.25) is 0 Å². The molecule has 2 rings (SSSR count). The minimum absolute atomic E-state index is 0.0683. The predicted octanol–water partition coefficient (Wildman–Crippen LogP) is 4.01. The molecule has 0 fully saturated rings. The minimum Gasteiger partial charge on any atom is -0.497 e. The zero-order valence-electron chi connectivity index (χ0n) is 15.4. The molecule has 1 N–H and O–H groups in total. The topological polar surface area (TPSA) is 64.6 Å². The van der Waals surface area contributed by atoms with Crippen LogP contribution in [0.25, 0.3) is 0 Å². The molecule has 2 aromatic rings. The fraction of sp³-hybridized carbons (Fsp3) is 0.368. The van der Waals surface area contributed by atoms with E-state index >= 15 is 0 Å². The number of sulfonamides is 1. The number of benzene rings is 2. The third-order valence-corrected chi connectivity index (χ3v) is 5.95. The van der Waals surface area contributed by atoms with Crippen LogP contribution in [-0.2, 0) is 16.4 Å². The molecule has 5 nitrogen and oxygen atoms in total. The first-order valence-electron chi connectivity index (χ1n) is 8.13. The Morgan fingerprint density at radius 2 is 1.69 bits per heavy atom. The summed E-state index contributed by atoms with van der Waals surface area (Å²) in [6.07, 6.45) is 0.748. The van der Waals surface area contributed by atoms with Crippen LogP contribution in [0.2, 0.25) is 0 Å². The van der Waals surface area contributed by atoms with Gasteiger partial charge in [0, 0.05) is 17.1 Å². The van der Waals surface area contributed by atoms with Crippen LogP contribution in [0.5, 0.6) is 11.5 Å². The van der Waals surface area contributed by atoms with E-state index in [1.54, 1.807) is 12.1 Å². The van der Waals surface area contributed by atoms with Gasteiger partial charge in [0.2, 0.25) is 10.0 Å². The Kier molecular flexibility index (Phi) is 6.71. The lowest BCUT2D eigenvalue weighted by Gasteiger charge is -2.25. The molecule has 0 unspecified atom stereocenters. The van der Waals surface area contributed by atoms with Crippen LogP contribution in [0.3, 0.4) is 0 Å². The molecule has 0 saturated carbocycles. The number of hydrogen-bond acceptors (Lipinski definition) is 4. The molecule has 7 heteroatoms. The van der Waals surface area contributed by atoms with Crippen molar-refractivity contribution in [3.8, 4) is 11.5 Å². The average Bonchev–Trinajstić information content (AvgIpc) is 2.61. The summed E-state index contributed by atoms with van der Waals surface area (Å²) in [4.78, 5) is 0.0683. The molecule has 2 aromatic carbocycles. The Bertz CT molecular complexity index is 848. The van der Waals surface area contributed by atoms with Gasteiger partial charge in [-0.25, -0.2) is 13.1 Å². The maximum absolute atomic E-state index is 12.8. The lowest BCUT2D eigenvalue weighted by atomic mass is 9.86. The summed E-state index contributed by atoms with van der Waals surface area (Å²) >= 11 is 3.42. The Morgan fingerprint density at radius 1 is 1.04 bits per heavy atom. The van der Waals surface area contributed by atoms with Crippen molar-refractivity contribution in [3.05, 3.63) is 52.5 Å². The summed E-state index contributed by atoms with van der Waals surface area (Å²) < 4.78 is 39.6. The standard InChI is InChI=1S/C19H24BrNO4S/c1-19(2,12-14-5-7-15(20)8-6-14)13-21-26(22,23)18-11-16(24-3)9-10-17(18)25-4/h5-11,21H,12-13H2,1-4H3. The maximum Gasteiger partial charge on any atom is 0.244 e. The van der Waals surface area contributed by atoms with E-state index in [2.05, 4.69) is 20.7 Å². The largest absolute Gasteiger partial charge is 0.497 e. The predicted molar refractivity (Wildman–Crippen MR) is 106 cm³/mol. The molecule has 0 spiro atoms. The van der Waals surface area contributed by atoms with E-state index in [4.69, 9.17) is 9.47 Å². The van der Waals surface area contributed by atoms with Crippen molar-refractivity contribution >= 4 is 26.0 Å². The fourth-order valence-electron chi connectivity index (χ4n) is 2.58. The summed E-state index contributed by atoms with van der Waals surface area (Å²) in [5.74, 6) is 0.740. The van der Waals surface area contributed by atoms with Crippen LogP contribution in [0.4, 0.5) is 0 Å². The summed E-state index contributed by atoms with van der Waals surface area (Å²) in [5.41, 5.74) is 0.892. The van der Waals surface area contributed by atoms with Crippen LogP contribution < -0.4 is 14.2 Å². The number of ether oxygens (including phenoxy) is 2. The summed E-state index contributed by atoms with van der Waals surface area (Å²) in [6, 6.07) is 12.7. The Balaban J connectivity index is 2.15. The van der Waals surface area contributed by atoms with Crippen molar-refractivity contribution in [2.45, 2.75) is 25.2 Å². The highest BCUT2D eigenvalue weighted by molar-refractivity contribution is 9.10. The molecule has 0 heterocycles. The van der Waals surface area contributed by atoms with Crippen molar-refractivity contribution in [1.29, 1.82) is 0 Å². The molecule has 0 saturated heterocycles. The lowest BCUT2D eigenvalue weighted by Crippen LogP contribution is -2.35. The highest BCUT2D eigenvalue weighted by Crippen LogP contribution is 2.29. The second-order valence-corrected chi connectivity index (χ2v) is 9.46. The van der Waals surface area contributed by atoms with Gasteiger partial charge < -0.3 is 9.47 Å². The molecule has 142 valence electrons. The average molecular weight is 442 g/mol. The molecule has 0 amide bonds. The highest BCUT2D eigenvalue weighted by atomic mass is 79.9. The van der Waals surface area contributed by atoms with Gasteiger partial charge in [0.1, 0.15) is 16.4 Å². The van der Waals surface area contributed by atoms with E-state index in [-0.39, 0.29) is 16.1 Å². The highest BCUT2D eigenvalue weighted by Gasteiger charge is 2.25. The van der Waals surface area contributed by atoms with E-state index < -0.39 is 10.0 Å². The maximum atomic E-state index is 12.8. The first kappa shape index (κ1) is 20.7. The van der Waals surface area contributed by atoms with E-state index in [1.807, 2.05) is 38.1 Å². The van der Waals surface area contributed by atoms with Crippen LogP contribution in [0, 0.1) is 5.41 Å². The van der Waals surface area contributed by atoms with Gasteiger partial charge in [-0.15, -0.1) is 0 Å². The van der Waals surface area contributed by atoms with Crippen LogP contribution in [0.15, 0.2) is 51.8 Å². The van der Waals surface area contributed by atoms with E-state index in [9.17, 15) is 8.42 Å². The summed E-state index contributed by atoms with van der Waals surface area (Å²) in [5, 5.41) is 0. The number of halogens is 1. The summed E-state index contributed by atoms with van der Waals surface area (Å²) in [7, 11) is -0.795.